The van der Waals surface area contributed by atoms with Gasteiger partial charge < -0.3 is 10.2 Å². The summed E-state index contributed by atoms with van der Waals surface area (Å²) in [6.07, 6.45) is 2.33. The number of hydrogen-bond donors (Lipinski definition) is 1. The van der Waals surface area contributed by atoms with Crippen LogP contribution in [-0.4, -0.2) is 27.2 Å². The number of nitrogens with one attached hydrogen (secondary N) is 1. The third-order valence-electron chi connectivity index (χ3n) is 3.39. The highest BCUT2D eigenvalue weighted by atomic mass is 15.1. The van der Waals surface area contributed by atoms with Crippen LogP contribution in [0.5, 0.6) is 0 Å². The minimum Gasteiger partial charge on any atom is -0.374 e. The lowest BCUT2D eigenvalue weighted by Crippen LogP contribution is -2.30. The maximum atomic E-state index is 3.27. The lowest BCUT2D eigenvalue weighted by molar-refractivity contribution is 0.485. The number of anilines is 1. The number of hydrogen-bond acceptors (Lipinski definition) is 2. The Kier molecular flexibility index (Phi) is 6.06. The van der Waals surface area contributed by atoms with Crippen molar-refractivity contribution in [1.29, 1.82) is 0 Å². The van der Waals surface area contributed by atoms with Crippen LogP contribution in [0.1, 0.15) is 25.8 Å². The van der Waals surface area contributed by atoms with Crippen LogP contribution in [0.3, 0.4) is 0 Å². The average molecular weight is 234 g/mol. The second-order valence-electron chi connectivity index (χ2n) is 4.73. The molecule has 0 aromatic heterocycles. The van der Waals surface area contributed by atoms with Gasteiger partial charge in [0, 0.05) is 19.3 Å². The molecule has 17 heavy (non-hydrogen) atoms. The predicted molar refractivity (Wildman–Crippen MR) is 76.8 cm³/mol. The van der Waals surface area contributed by atoms with Crippen LogP contribution in [0.25, 0.3) is 0 Å². The summed E-state index contributed by atoms with van der Waals surface area (Å²) >= 11 is 0. The van der Waals surface area contributed by atoms with Gasteiger partial charge in [0.05, 0.1) is 0 Å². The molecule has 1 atom stereocenters. The second kappa shape index (κ2) is 7.33. The van der Waals surface area contributed by atoms with E-state index < -0.39 is 0 Å². The van der Waals surface area contributed by atoms with E-state index in [1.54, 1.807) is 0 Å². The van der Waals surface area contributed by atoms with Gasteiger partial charge in [0.15, 0.2) is 0 Å². The molecule has 1 aromatic rings. The van der Waals surface area contributed by atoms with Crippen molar-refractivity contribution in [2.24, 2.45) is 5.92 Å². The molecule has 0 saturated heterocycles. The topological polar surface area (TPSA) is 15.3 Å². The zero-order chi connectivity index (χ0) is 12.7. The molecule has 1 rings (SSSR count). The van der Waals surface area contributed by atoms with Gasteiger partial charge in [-0.05, 0) is 43.6 Å². The molecule has 96 valence electrons. The number of nitrogens with zero attached hydrogens (tertiary/aromatic N) is 1. The fourth-order valence-corrected chi connectivity index (χ4v) is 2.11. The summed E-state index contributed by atoms with van der Waals surface area (Å²) in [7, 11) is 4.21. The van der Waals surface area contributed by atoms with Crippen molar-refractivity contribution in [3.63, 3.8) is 0 Å². The summed E-state index contributed by atoms with van der Waals surface area (Å²) in [5.41, 5.74) is 2.72. The Morgan fingerprint density at radius 1 is 1.18 bits per heavy atom. The molecule has 0 spiro atoms. The third-order valence-corrected chi connectivity index (χ3v) is 3.39. The normalized spacial score (nSPS) is 12.5. The molecule has 0 fully saturated rings. The van der Waals surface area contributed by atoms with Gasteiger partial charge in [0.1, 0.15) is 0 Å². The van der Waals surface area contributed by atoms with E-state index in [9.17, 15) is 0 Å². The van der Waals surface area contributed by atoms with E-state index >= 15 is 0 Å². The lowest BCUT2D eigenvalue weighted by atomic mass is 10.1. The first kappa shape index (κ1) is 14.0. The first-order valence-electron chi connectivity index (χ1n) is 6.65. The zero-order valence-electron chi connectivity index (χ0n) is 11.7. The molecule has 2 heteroatoms. The maximum Gasteiger partial charge on any atom is 0.0363 e. The maximum absolute atomic E-state index is 3.27. The number of rotatable bonds is 7. The second-order valence-corrected chi connectivity index (χ2v) is 4.73. The van der Waals surface area contributed by atoms with Crippen molar-refractivity contribution in [1.82, 2.24) is 5.32 Å². The van der Waals surface area contributed by atoms with E-state index in [1.165, 1.54) is 17.7 Å². The molecular formula is C15H26N2. The van der Waals surface area contributed by atoms with Gasteiger partial charge in [-0.25, -0.2) is 0 Å². The Morgan fingerprint density at radius 2 is 1.82 bits per heavy atom. The predicted octanol–water partition coefficient (Wildman–Crippen LogP) is 2.93. The van der Waals surface area contributed by atoms with Crippen molar-refractivity contribution in [3.05, 3.63) is 29.8 Å². The highest BCUT2D eigenvalue weighted by molar-refractivity contribution is 5.46. The summed E-state index contributed by atoms with van der Waals surface area (Å²) in [6, 6.07) is 8.91. The van der Waals surface area contributed by atoms with Crippen LogP contribution in [0, 0.1) is 5.92 Å². The van der Waals surface area contributed by atoms with Gasteiger partial charge in [-0.2, -0.15) is 0 Å². The van der Waals surface area contributed by atoms with Crippen LogP contribution >= 0.6 is 0 Å². The quantitative estimate of drug-likeness (QED) is 0.780. The van der Waals surface area contributed by atoms with E-state index in [1.807, 2.05) is 7.05 Å². The Bertz CT molecular complexity index is 305. The molecule has 0 aliphatic heterocycles. The van der Waals surface area contributed by atoms with E-state index in [2.05, 4.69) is 55.4 Å². The van der Waals surface area contributed by atoms with Crippen molar-refractivity contribution in [2.75, 3.05) is 32.1 Å². The minimum absolute atomic E-state index is 0.718. The molecule has 0 aliphatic rings. The minimum atomic E-state index is 0.718. The molecule has 0 aliphatic carbocycles. The number of aryl methyl sites for hydroxylation is 1. The van der Waals surface area contributed by atoms with E-state index in [0.717, 1.165) is 25.4 Å². The first-order valence-corrected chi connectivity index (χ1v) is 6.65. The molecule has 0 bridgehead atoms. The Morgan fingerprint density at radius 3 is 2.29 bits per heavy atom. The molecule has 2 nitrogen and oxygen atoms in total. The SMILES string of the molecule is CCc1ccc(N(C)CC(CC)CNC)cc1. The van der Waals surface area contributed by atoms with Gasteiger partial charge in [-0.3, -0.25) is 0 Å². The van der Waals surface area contributed by atoms with Gasteiger partial charge in [0.2, 0.25) is 0 Å². The van der Waals surface area contributed by atoms with E-state index in [0.29, 0.717) is 0 Å². The van der Waals surface area contributed by atoms with Gasteiger partial charge in [-0.15, -0.1) is 0 Å². The highest BCUT2D eigenvalue weighted by Gasteiger charge is 2.09. The Hall–Kier alpha value is -1.02. The van der Waals surface area contributed by atoms with Crippen molar-refractivity contribution >= 4 is 5.69 Å². The fraction of sp³-hybridized carbons (Fsp3) is 0.600. The molecule has 0 radical (unpaired) electrons. The van der Waals surface area contributed by atoms with Crippen LogP contribution in [0.15, 0.2) is 24.3 Å². The summed E-state index contributed by atoms with van der Waals surface area (Å²) in [4.78, 5) is 2.35. The average Bonchev–Trinajstić information content (AvgIpc) is 2.38. The smallest absolute Gasteiger partial charge is 0.0363 e. The molecule has 1 aromatic carbocycles. The summed E-state index contributed by atoms with van der Waals surface area (Å²) in [5, 5.41) is 3.27. The standard InChI is InChI=1S/C15H26N2/c1-5-13-7-9-15(10-8-13)17(4)12-14(6-2)11-16-3/h7-10,14,16H,5-6,11-12H2,1-4H3. The first-order chi connectivity index (χ1) is 8.21. The lowest BCUT2D eigenvalue weighted by Gasteiger charge is -2.25. The molecule has 0 amide bonds. The summed E-state index contributed by atoms with van der Waals surface area (Å²) < 4.78 is 0. The van der Waals surface area contributed by atoms with Crippen LogP contribution in [0.4, 0.5) is 5.69 Å². The molecule has 1 N–H and O–H groups in total. The Labute approximate surface area is 106 Å². The van der Waals surface area contributed by atoms with Gasteiger partial charge >= 0.3 is 0 Å². The highest BCUT2D eigenvalue weighted by Crippen LogP contribution is 2.16. The van der Waals surface area contributed by atoms with Crippen LogP contribution < -0.4 is 10.2 Å². The van der Waals surface area contributed by atoms with Crippen molar-refractivity contribution in [3.8, 4) is 0 Å². The molecular weight excluding hydrogens is 208 g/mol. The van der Waals surface area contributed by atoms with Crippen LogP contribution in [0.2, 0.25) is 0 Å². The summed E-state index contributed by atoms with van der Waals surface area (Å²) in [5.74, 6) is 0.718. The van der Waals surface area contributed by atoms with E-state index in [-0.39, 0.29) is 0 Å². The van der Waals surface area contributed by atoms with Gasteiger partial charge in [0.25, 0.3) is 0 Å². The molecule has 0 heterocycles. The number of benzene rings is 1. The zero-order valence-corrected chi connectivity index (χ0v) is 11.7. The monoisotopic (exact) mass is 234 g/mol. The summed E-state index contributed by atoms with van der Waals surface area (Å²) in [6.45, 7) is 6.66. The Balaban J connectivity index is 2.58. The third kappa shape index (κ3) is 4.39. The van der Waals surface area contributed by atoms with E-state index in [4.69, 9.17) is 0 Å². The van der Waals surface area contributed by atoms with Crippen LogP contribution in [-0.2, 0) is 6.42 Å². The largest absolute Gasteiger partial charge is 0.374 e. The van der Waals surface area contributed by atoms with Crippen molar-refractivity contribution < 1.29 is 0 Å². The van der Waals surface area contributed by atoms with Gasteiger partial charge in [-0.1, -0.05) is 32.4 Å². The fourth-order valence-electron chi connectivity index (χ4n) is 2.11. The molecule has 0 saturated carbocycles. The van der Waals surface area contributed by atoms with Crippen molar-refractivity contribution in [2.45, 2.75) is 26.7 Å². The molecule has 1 unspecified atom stereocenters.